The number of carbonyl (C=O) groups excluding carboxylic acids is 2. The molecule has 2 rings (SSSR count). The van der Waals surface area contributed by atoms with Gasteiger partial charge in [-0.2, -0.15) is 0 Å². The molecule has 0 aliphatic heterocycles. The second-order valence-electron chi connectivity index (χ2n) is 5.44. The molecule has 1 heterocycles. The lowest BCUT2D eigenvalue weighted by Gasteiger charge is -2.14. The summed E-state index contributed by atoms with van der Waals surface area (Å²) >= 11 is 0. The Hall–Kier alpha value is -2.69. The van der Waals surface area contributed by atoms with E-state index < -0.39 is 5.97 Å². The lowest BCUT2D eigenvalue weighted by atomic mass is 10.1. The molecule has 0 spiro atoms. The number of para-hydroxylation sites is 1. The van der Waals surface area contributed by atoms with Crippen molar-refractivity contribution >= 4 is 28.9 Å². The van der Waals surface area contributed by atoms with Crippen LogP contribution in [0.2, 0.25) is 0 Å². The first-order valence-electron chi connectivity index (χ1n) is 8.12. The third-order valence-corrected chi connectivity index (χ3v) is 3.76. The van der Waals surface area contributed by atoms with E-state index in [0.29, 0.717) is 0 Å². The summed E-state index contributed by atoms with van der Waals surface area (Å²) in [7, 11) is 0. The maximum absolute atomic E-state index is 11.8. The lowest BCUT2D eigenvalue weighted by Crippen LogP contribution is -2.36. The number of amides is 1. The Morgan fingerprint density at radius 2 is 1.96 bits per heavy atom. The number of rotatable bonds is 7. The summed E-state index contributed by atoms with van der Waals surface area (Å²) in [5.74, 6) is -0.833. The average molecular weight is 326 g/mol. The van der Waals surface area contributed by atoms with E-state index in [9.17, 15) is 9.59 Å². The van der Waals surface area contributed by atoms with Gasteiger partial charge in [0.15, 0.2) is 6.61 Å². The van der Waals surface area contributed by atoms with E-state index in [1.165, 1.54) is 6.08 Å². The highest BCUT2D eigenvalue weighted by Crippen LogP contribution is 2.17. The van der Waals surface area contributed by atoms with Crippen molar-refractivity contribution in [3.8, 4) is 0 Å². The van der Waals surface area contributed by atoms with Crippen LogP contribution in [0.15, 0.2) is 42.6 Å². The summed E-state index contributed by atoms with van der Waals surface area (Å²) in [5, 5.41) is 3.82. The van der Waals surface area contributed by atoms with Gasteiger partial charge in [0, 0.05) is 29.3 Å². The first-order chi connectivity index (χ1) is 11.6. The third kappa shape index (κ3) is 4.91. The van der Waals surface area contributed by atoms with E-state index >= 15 is 0 Å². The zero-order valence-electron chi connectivity index (χ0n) is 14.0. The van der Waals surface area contributed by atoms with Crippen LogP contribution in [0.3, 0.4) is 0 Å². The minimum absolute atomic E-state index is 0.119. The van der Waals surface area contributed by atoms with Gasteiger partial charge in [0.05, 0.1) is 5.52 Å². The Labute approximate surface area is 141 Å². The lowest BCUT2D eigenvalue weighted by molar-refractivity contribution is -0.144. The van der Waals surface area contributed by atoms with Crippen molar-refractivity contribution < 1.29 is 14.3 Å². The number of ether oxygens (including phenoxy) is 1. The number of esters is 1. The van der Waals surface area contributed by atoms with E-state index in [-0.39, 0.29) is 18.6 Å². The molecular weight excluding hydrogens is 304 g/mol. The Kier molecular flexibility index (Phi) is 6.49. The predicted octanol–water partition coefficient (Wildman–Crippen LogP) is 3.10. The van der Waals surface area contributed by atoms with Crippen molar-refractivity contribution in [1.29, 1.82) is 0 Å². The number of carbonyl (C=O) groups is 2. The molecule has 0 saturated heterocycles. The minimum atomic E-state index is -0.553. The highest BCUT2D eigenvalue weighted by Gasteiger charge is 2.10. The van der Waals surface area contributed by atoms with Gasteiger partial charge in [-0.15, -0.1) is 0 Å². The van der Waals surface area contributed by atoms with Gasteiger partial charge >= 0.3 is 5.97 Å². The molecule has 24 heavy (non-hydrogen) atoms. The summed E-state index contributed by atoms with van der Waals surface area (Å²) in [4.78, 5) is 27.8. The molecule has 126 valence electrons. The zero-order chi connectivity index (χ0) is 17.4. The second-order valence-corrected chi connectivity index (χ2v) is 5.44. The zero-order valence-corrected chi connectivity index (χ0v) is 14.0. The van der Waals surface area contributed by atoms with Crippen LogP contribution < -0.4 is 5.32 Å². The number of hydrogen-bond acceptors (Lipinski definition) is 4. The quantitative estimate of drug-likeness (QED) is 0.627. The van der Waals surface area contributed by atoms with Crippen molar-refractivity contribution in [1.82, 2.24) is 10.3 Å². The van der Waals surface area contributed by atoms with Crippen LogP contribution in [-0.2, 0) is 14.3 Å². The van der Waals surface area contributed by atoms with Crippen LogP contribution in [0.5, 0.6) is 0 Å². The molecule has 1 aromatic carbocycles. The van der Waals surface area contributed by atoms with E-state index in [4.69, 9.17) is 4.74 Å². The smallest absolute Gasteiger partial charge is 0.331 e. The molecule has 0 aliphatic carbocycles. The molecular formula is C19H22N2O3. The number of fused-ring (bicyclic) bond motifs is 1. The van der Waals surface area contributed by atoms with Gasteiger partial charge in [0.1, 0.15) is 0 Å². The molecule has 2 aromatic rings. The van der Waals surface area contributed by atoms with Crippen LogP contribution in [0, 0.1) is 0 Å². The largest absolute Gasteiger partial charge is 0.452 e. The van der Waals surface area contributed by atoms with Gasteiger partial charge in [0.2, 0.25) is 0 Å². The number of hydrogen-bond donors (Lipinski definition) is 1. The van der Waals surface area contributed by atoms with Gasteiger partial charge in [-0.1, -0.05) is 38.1 Å². The number of nitrogens with one attached hydrogen (secondary N) is 1. The van der Waals surface area contributed by atoms with Crippen molar-refractivity contribution in [2.75, 3.05) is 6.61 Å². The number of nitrogens with zero attached hydrogens (tertiary/aromatic N) is 1. The molecule has 5 nitrogen and oxygen atoms in total. The van der Waals surface area contributed by atoms with E-state index in [1.54, 1.807) is 12.3 Å². The normalized spacial score (nSPS) is 11.1. The standard InChI is InChI=1S/C19H22N2O3/c1-3-16(4-2)21-17(22)13-24-18(23)11-10-15-8-5-7-14-9-6-12-20-19(14)15/h5-12,16H,3-4,13H2,1-2H3,(H,21,22)/b11-10-. The number of aromatic nitrogens is 1. The highest BCUT2D eigenvalue weighted by molar-refractivity contribution is 5.93. The molecule has 0 radical (unpaired) electrons. The molecule has 0 atom stereocenters. The molecule has 1 aromatic heterocycles. The monoisotopic (exact) mass is 326 g/mol. The van der Waals surface area contributed by atoms with Crippen LogP contribution in [0.1, 0.15) is 32.3 Å². The van der Waals surface area contributed by atoms with Crippen molar-refractivity contribution in [2.24, 2.45) is 0 Å². The topological polar surface area (TPSA) is 68.3 Å². The first kappa shape index (κ1) is 17.7. The fraction of sp³-hybridized carbons (Fsp3) is 0.316. The Morgan fingerprint density at radius 3 is 2.71 bits per heavy atom. The summed E-state index contributed by atoms with van der Waals surface area (Å²) < 4.78 is 4.97. The molecule has 0 aliphatic rings. The van der Waals surface area contributed by atoms with E-state index in [0.717, 1.165) is 29.3 Å². The maximum atomic E-state index is 11.8. The highest BCUT2D eigenvalue weighted by atomic mass is 16.5. The van der Waals surface area contributed by atoms with Crippen LogP contribution in [0.4, 0.5) is 0 Å². The van der Waals surface area contributed by atoms with Crippen LogP contribution in [0.25, 0.3) is 17.0 Å². The Balaban J connectivity index is 1.92. The molecule has 0 unspecified atom stereocenters. The molecule has 0 fully saturated rings. The van der Waals surface area contributed by atoms with Gasteiger partial charge in [-0.25, -0.2) is 4.79 Å². The van der Waals surface area contributed by atoms with Crippen LogP contribution in [-0.4, -0.2) is 29.5 Å². The minimum Gasteiger partial charge on any atom is -0.452 e. The van der Waals surface area contributed by atoms with Gasteiger partial charge in [-0.3, -0.25) is 9.78 Å². The average Bonchev–Trinajstić information content (AvgIpc) is 2.62. The SMILES string of the molecule is CCC(CC)NC(=O)COC(=O)/C=C\c1cccc2cccnc12. The van der Waals surface area contributed by atoms with Crippen molar-refractivity contribution in [2.45, 2.75) is 32.7 Å². The number of benzene rings is 1. The van der Waals surface area contributed by atoms with Crippen molar-refractivity contribution in [3.63, 3.8) is 0 Å². The fourth-order valence-corrected chi connectivity index (χ4v) is 2.37. The summed E-state index contributed by atoms with van der Waals surface area (Å²) in [6.07, 6.45) is 6.37. The first-order valence-corrected chi connectivity index (χ1v) is 8.12. The maximum Gasteiger partial charge on any atom is 0.331 e. The Morgan fingerprint density at radius 1 is 1.21 bits per heavy atom. The molecule has 5 heteroatoms. The third-order valence-electron chi connectivity index (χ3n) is 3.76. The molecule has 0 bridgehead atoms. The van der Waals surface area contributed by atoms with Gasteiger partial charge < -0.3 is 10.1 Å². The van der Waals surface area contributed by atoms with Crippen molar-refractivity contribution in [3.05, 3.63) is 48.2 Å². The predicted molar refractivity (Wildman–Crippen MR) is 94.2 cm³/mol. The summed E-state index contributed by atoms with van der Waals surface area (Å²) in [6.45, 7) is 3.73. The molecule has 0 saturated carbocycles. The van der Waals surface area contributed by atoms with Gasteiger partial charge in [-0.05, 0) is 25.0 Å². The number of pyridine rings is 1. The van der Waals surface area contributed by atoms with Crippen LogP contribution >= 0.6 is 0 Å². The Bertz CT molecular complexity index is 731. The van der Waals surface area contributed by atoms with E-state index in [1.807, 2.05) is 44.2 Å². The molecule has 1 N–H and O–H groups in total. The summed E-state index contributed by atoms with van der Waals surface area (Å²) in [5.41, 5.74) is 1.64. The van der Waals surface area contributed by atoms with E-state index in [2.05, 4.69) is 10.3 Å². The summed E-state index contributed by atoms with van der Waals surface area (Å²) in [6, 6.07) is 9.67. The fourth-order valence-electron chi connectivity index (χ4n) is 2.37. The van der Waals surface area contributed by atoms with Gasteiger partial charge in [0.25, 0.3) is 5.91 Å². The molecule has 1 amide bonds. The second kappa shape index (κ2) is 8.82.